The van der Waals surface area contributed by atoms with Gasteiger partial charge in [-0.25, -0.2) is 0 Å². The number of nitrogens with zero attached hydrogens (tertiary/aromatic N) is 2. The van der Waals surface area contributed by atoms with Crippen LogP contribution in [0.4, 0.5) is 11.4 Å². The van der Waals surface area contributed by atoms with Gasteiger partial charge < -0.3 is 0 Å². The Morgan fingerprint density at radius 1 is 0.538 bits per heavy atom. The fourth-order valence-corrected chi connectivity index (χ4v) is 4.17. The van der Waals surface area contributed by atoms with Crippen molar-refractivity contribution in [2.45, 2.75) is 118 Å². The van der Waals surface area contributed by atoms with E-state index in [1.165, 1.54) is 11.1 Å². The van der Waals surface area contributed by atoms with Gasteiger partial charge in [-0.05, 0) is 74.6 Å². The molecule has 0 aliphatic carbocycles. The van der Waals surface area contributed by atoms with Gasteiger partial charge in [-0.3, -0.25) is 9.98 Å². The largest absolute Gasteiger partial charge is 0.251 e. The predicted octanol–water partition coefficient (Wildman–Crippen LogP) is 10.4. The minimum Gasteiger partial charge on any atom is -0.251 e. The summed E-state index contributed by atoms with van der Waals surface area (Å²) in [6.07, 6.45) is 14.2. The van der Waals surface area contributed by atoms with Gasteiger partial charge in [0.1, 0.15) is 0 Å². The predicted molar refractivity (Wildman–Crippen MR) is 168 cm³/mol. The van der Waals surface area contributed by atoms with Crippen molar-refractivity contribution in [1.82, 2.24) is 0 Å². The zero-order chi connectivity index (χ0) is 27.3. The van der Waals surface area contributed by atoms with Gasteiger partial charge in [0.2, 0.25) is 0 Å². The van der Waals surface area contributed by atoms with Crippen molar-refractivity contribution in [3.05, 3.63) is 59.7 Å². The van der Waals surface area contributed by atoms with Gasteiger partial charge in [0.05, 0.1) is 22.8 Å². The first-order chi connectivity index (χ1) is 18.7. The molecule has 0 radical (unpaired) electrons. The molecule has 0 aromatic heterocycles. The Balaban J connectivity index is 0.00000760. The van der Waals surface area contributed by atoms with Crippen LogP contribution in [0.1, 0.15) is 116 Å². The van der Waals surface area contributed by atoms with Gasteiger partial charge in [0, 0.05) is 46.1 Å². The van der Waals surface area contributed by atoms with Crippen molar-refractivity contribution in [3.8, 4) is 23.7 Å². The first-order valence-electron chi connectivity index (χ1n) is 15.0. The van der Waals surface area contributed by atoms with E-state index in [9.17, 15) is 0 Å². The van der Waals surface area contributed by atoms with Crippen molar-refractivity contribution in [1.29, 1.82) is 0 Å². The molecule has 212 valence electrons. The van der Waals surface area contributed by atoms with Crippen LogP contribution in [0.25, 0.3) is 0 Å². The van der Waals surface area contributed by atoms with E-state index in [-0.39, 0.29) is 20.4 Å². The van der Waals surface area contributed by atoms with Crippen LogP contribution in [0.2, 0.25) is 0 Å². The molecule has 3 heteroatoms. The van der Waals surface area contributed by atoms with Crippen LogP contribution in [0.15, 0.2) is 58.5 Å². The molecule has 39 heavy (non-hydrogen) atoms. The summed E-state index contributed by atoms with van der Waals surface area (Å²) in [7, 11) is 0. The summed E-state index contributed by atoms with van der Waals surface area (Å²) in [6, 6.07) is 17.1. The molecule has 2 aromatic rings. The Morgan fingerprint density at radius 2 is 0.923 bits per heavy atom. The number of aryl methyl sites for hydroxylation is 2. The summed E-state index contributed by atoms with van der Waals surface area (Å²) in [5, 5.41) is 0. The summed E-state index contributed by atoms with van der Waals surface area (Å²) < 4.78 is 0. The number of aliphatic imine (C=N–C) groups is 2. The third kappa shape index (κ3) is 14.0. The van der Waals surface area contributed by atoms with Crippen molar-refractivity contribution in [3.63, 3.8) is 0 Å². The van der Waals surface area contributed by atoms with E-state index in [1.807, 2.05) is 0 Å². The Kier molecular flexibility index (Phi) is 19.9. The van der Waals surface area contributed by atoms with Gasteiger partial charge in [-0.2, -0.15) is 0 Å². The third-order valence-electron chi connectivity index (χ3n) is 6.40. The second-order valence-electron chi connectivity index (χ2n) is 9.79. The molecule has 2 rings (SSSR count). The second kappa shape index (κ2) is 22.4. The average Bonchev–Trinajstić information content (AvgIpc) is 2.94. The molecule has 0 saturated carbocycles. The molecule has 0 bridgehead atoms. The molecule has 0 atom stereocenters. The van der Waals surface area contributed by atoms with E-state index >= 15 is 0 Å². The van der Waals surface area contributed by atoms with Crippen LogP contribution in [0, 0.1) is 23.7 Å². The van der Waals surface area contributed by atoms with Crippen molar-refractivity contribution >= 4 is 22.8 Å². The SMILES string of the molecule is CCCC#CCCc1ccccc1N=C(CCCC)C(CCCC)=Nc1ccccc1CCC#CCCC.[Pd]. The molecule has 0 fully saturated rings. The molecule has 0 amide bonds. The molecular weight excluding hydrogens is 567 g/mol. The maximum absolute atomic E-state index is 5.30. The number of hydrogen-bond acceptors (Lipinski definition) is 2. The Hall–Kier alpha value is -2.44. The zero-order valence-corrected chi connectivity index (χ0v) is 26.3. The molecule has 0 aliphatic rings. The standard InChI is InChI=1S/C36H48N2.Pd/c1-5-9-13-15-17-23-31-25-19-21-29-33(31)37-35(27-11-7-3)36(28-12-8-4)38-34-30-22-20-26-32(34)24-18-16-14-10-6-2;/h19-22,25-26,29-30H,5-12,17-18,23-24,27-28H2,1-4H3;. The molecule has 0 N–H and O–H groups in total. The van der Waals surface area contributed by atoms with Crippen molar-refractivity contribution in [2.24, 2.45) is 9.98 Å². The Labute approximate surface area is 253 Å². The number of benzene rings is 2. The average molecular weight is 615 g/mol. The number of unbranched alkanes of at least 4 members (excludes halogenated alkanes) is 4. The summed E-state index contributed by atoms with van der Waals surface area (Å²) in [5.74, 6) is 13.2. The molecule has 0 heterocycles. The zero-order valence-electron chi connectivity index (χ0n) is 24.7. The van der Waals surface area contributed by atoms with Crippen LogP contribution in [-0.4, -0.2) is 11.4 Å². The van der Waals surface area contributed by atoms with Crippen LogP contribution in [0.3, 0.4) is 0 Å². The van der Waals surface area contributed by atoms with E-state index in [4.69, 9.17) is 9.98 Å². The van der Waals surface area contributed by atoms with Crippen molar-refractivity contribution < 1.29 is 20.4 Å². The van der Waals surface area contributed by atoms with E-state index in [2.05, 4.69) is 99.9 Å². The Bertz CT molecular complexity index is 1050. The maximum Gasteiger partial charge on any atom is 0.0666 e. The topological polar surface area (TPSA) is 24.7 Å². The minimum atomic E-state index is 0. The van der Waals surface area contributed by atoms with Gasteiger partial charge in [0.15, 0.2) is 0 Å². The quantitative estimate of drug-likeness (QED) is 0.108. The first kappa shape index (κ1) is 34.6. The summed E-state index contributed by atoms with van der Waals surface area (Å²) in [6.45, 7) is 8.85. The smallest absolute Gasteiger partial charge is 0.0666 e. The maximum atomic E-state index is 5.30. The normalized spacial score (nSPS) is 11.2. The molecule has 2 nitrogen and oxygen atoms in total. The van der Waals surface area contributed by atoms with Gasteiger partial charge >= 0.3 is 0 Å². The third-order valence-corrected chi connectivity index (χ3v) is 6.40. The van der Waals surface area contributed by atoms with Crippen LogP contribution >= 0.6 is 0 Å². The summed E-state index contributed by atoms with van der Waals surface area (Å²) in [4.78, 5) is 10.6. The number of rotatable bonds is 15. The van der Waals surface area contributed by atoms with Crippen molar-refractivity contribution in [2.75, 3.05) is 0 Å². The van der Waals surface area contributed by atoms with E-state index in [0.717, 1.165) is 113 Å². The van der Waals surface area contributed by atoms with Gasteiger partial charge in [-0.1, -0.05) is 76.9 Å². The second-order valence-corrected chi connectivity index (χ2v) is 9.79. The first-order valence-corrected chi connectivity index (χ1v) is 15.0. The minimum absolute atomic E-state index is 0. The van der Waals surface area contributed by atoms with E-state index < -0.39 is 0 Å². The molecule has 0 aliphatic heterocycles. The van der Waals surface area contributed by atoms with E-state index in [0.29, 0.717) is 0 Å². The van der Waals surface area contributed by atoms with Gasteiger partial charge in [-0.15, -0.1) is 23.7 Å². The van der Waals surface area contributed by atoms with E-state index in [1.54, 1.807) is 0 Å². The molecule has 0 spiro atoms. The van der Waals surface area contributed by atoms with Crippen LogP contribution < -0.4 is 0 Å². The Morgan fingerprint density at radius 3 is 1.31 bits per heavy atom. The van der Waals surface area contributed by atoms with Gasteiger partial charge in [0.25, 0.3) is 0 Å². The summed E-state index contributed by atoms with van der Waals surface area (Å²) >= 11 is 0. The fraction of sp³-hybridized carbons (Fsp3) is 0.500. The molecule has 0 saturated heterocycles. The summed E-state index contributed by atoms with van der Waals surface area (Å²) in [5.41, 5.74) is 6.96. The molecular formula is C36H48N2Pd. The van der Waals surface area contributed by atoms with Crippen LogP contribution in [0.5, 0.6) is 0 Å². The number of para-hydroxylation sites is 2. The molecule has 2 aromatic carbocycles. The molecule has 0 unspecified atom stereocenters. The van der Waals surface area contributed by atoms with Crippen LogP contribution in [-0.2, 0) is 33.3 Å². The number of hydrogen-bond donors (Lipinski definition) is 0. The fourth-order valence-electron chi connectivity index (χ4n) is 4.17. The monoisotopic (exact) mass is 614 g/mol.